The molecule has 0 unspecified atom stereocenters. The fourth-order valence-corrected chi connectivity index (χ4v) is 3.07. The van der Waals surface area contributed by atoms with Gasteiger partial charge in [-0.1, -0.05) is 29.3 Å². The van der Waals surface area contributed by atoms with Gasteiger partial charge in [-0.15, -0.1) is 0 Å². The molecule has 0 spiro atoms. The summed E-state index contributed by atoms with van der Waals surface area (Å²) in [7, 11) is 0. The number of rotatable bonds is 4. The van der Waals surface area contributed by atoms with Crippen molar-refractivity contribution in [3.05, 3.63) is 46.2 Å². The van der Waals surface area contributed by atoms with Gasteiger partial charge in [-0.2, -0.15) is 0 Å². The highest BCUT2D eigenvalue weighted by molar-refractivity contribution is 6.35. The molecule has 2 aliphatic rings. The normalized spacial score (nSPS) is 28.1. The Morgan fingerprint density at radius 3 is 2.90 bits per heavy atom. The van der Waals surface area contributed by atoms with Crippen LogP contribution in [0.25, 0.3) is 0 Å². The topological polar surface area (TPSA) is 54.0 Å². The molecular formula is C14H16Cl2N2O3. The molecule has 0 amide bonds. The lowest BCUT2D eigenvalue weighted by Gasteiger charge is -2.33. The van der Waals surface area contributed by atoms with E-state index in [9.17, 15) is 5.11 Å². The number of halogens is 2. The van der Waals surface area contributed by atoms with Gasteiger partial charge in [-0.25, -0.2) is 0 Å². The van der Waals surface area contributed by atoms with Gasteiger partial charge in [0.1, 0.15) is 6.10 Å². The van der Waals surface area contributed by atoms with E-state index in [2.05, 4.69) is 5.32 Å². The van der Waals surface area contributed by atoms with Crippen molar-refractivity contribution in [3.63, 3.8) is 0 Å². The first-order chi connectivity index (χ1) is 10.1. The number of benzene rings is 1. The number of aliphatic hydroxyl groups excluding tert-OH is 1. The summed E-state index contributed by atoms with van der Waals surface area (Å²) in [6, 6.07) is 5.22. The van der Waals surface area contributed by atoms with Crippen LogP contribution in [0.3, 0.4) is 0 Å². The molecule has 0 saturated carbocycles. The highest BCUT2D eigenvalue weighted by atomic mass is 35.5. The number of hydrogen-bond acceptors (Lipinski definition) is 5. The van der Waals surface area contributed by atoms with Crippen LogP contribution in [-0.4, -0.2) is 42.5 Å². The SMILES string of the molecule is OC[C@H]1CO[C@@](CN2C=CNC2)(c2ccc(Cl)cc2Cl)O1. The van der Waals surface area contributed by atoms with Gasteiger partial charge in [-0.05, 0) is 12.1 Å². The Kier molecular flexibility index (Phi) is 4.28. The van der Waals surface area contributed by atoms with Crippen molar-refractivity contribution in [2.75, 3.05) is 26.4 Å². The molecule has 1 aromatic carbocycles. The zero-order valence-electron chi connectivity index (χ0n) is 11.3. The second kappa shape index (κ2) is 6.02. The minimum atomic E-state index is -1.01. The average Bonchev–Trinajstić information content (AvgIpc) is 3.09. The van der Waals surface area contributed by atoms with Crippen molar-refractivity contribution in [1.82, 2.24) is 10.2 Å². The van der Waals surface area contributed by atoms with Gasteiger partial charge in [0.05, 0.1) is 31.4 Å². The quantitative estimate of drug-likeness (QED) is 0.882. The van der Waals surface area contributed by atoms with Crippen LogP contribution in [0, 0.1) is 0 Å². The molecule has 1 saturated heterocycles. The van der Waals surface area contributed by atoms with Crippen molar-refractivity contribution in [2.45, 2.75) is 11.9 Å². The third kappa shape index (κ3) is 2.98. The van der Waals surface area contributed by atoms with Gasteiger partial charge in [0, 0.05) is 23.0 Å². The largest absolute Gasteiger partial charge is 0.394 e. The van der Waals surface area contributed by atoms with E-state index < -0.39 is 5.79 Å². The number of ether oxygens (including phenoxy) is 2. The molecule has 2 N–H and O–H groups in total. The Hall–Kier alpha value is -0.980. The summed E-state index contributed by atoms with van der Waals surface area (Å²) in [6.07, 6.45) is 3.41. The highest BCUT2D eigenvalue weighted by Crippen LogP contribution is 2.39. The van der Waals surface area contributed by atoms with E-state index in [0.29, 0.717) is 35.4 Å². The molecule has 7 heteroatoms. The number of aliphatic hydroxyl groups is 1. The third-order valence-corrected chi connectivity index (χ3v) is 4.06. The maximum absolute atomic E-state index is 9.32. The third-order valence-electron chi connectivity index (χ3n) is 3.51. The molecule has 0 aliphatic carbocycles. The van der Waals surface area contributed by atoms with E-state index in [1.54, 1.807) is 18.2 Å². The molecule has 21 heavy (non-hydrogen) atoms. The molecule has 1 fully saturated rings. The van der Waals surface area contributed by atoms with E-state index in [1.807, 2.05) is 17.3 Å². The fraction of sp³-hybridized carbons (Fsp3) is 0.429. The molecule has 2 atom stereocenters. The number of nitrogens with zero attached hydrogens (tertiary/aromatic N) is 1. The molecular weight excluding hydrogens is 315 g/mol. The standard InChI is InChI=1S/C14H16Cl2N2O3/c15-10-1-2-12(13(16)5-10)14(8-18-4-3-17-9-18)20-7-11(6-19)21-14/h1-5,11,17,19H,6-9H2/t11-,14+/m0/s1. The number of hydrogen-bond donors (Lipinski definition) is 2. The van der Waals surface area contributed by atoms with Gasteiger partial charge < -0.3 is 24.8 Å². The van der Waals surface area contributed by atoms with E-state index in [0.717, 1.165) is 0 Å². The van der Waals surface area contributed by atoms with Gasteiger partial charge >= 0.3 is 0 Å². The Balaban J connectivity index is 1.93. The van der Waals surface area contributed by atoms with Crippen LogP contribution in [0.5, 0.6) is 0 Å². The monoisotopic (exact) mass is 330 g/mol. The maximum atomic E-state index is 9.32. The average molecular weight is 331 g/mol. The van der Waals surface area contributed by atoms with Crippen LogP contribution in [0.1, 0.15) is 5.56 Å². The smallest absolute Gasteiger partial charge is 0.215 e. The van der Waals surface area contributed by atoms with Crippen LogP contribution in [-0.2, 0) is 15.3 Å². The summed E-state index contributed by atoms with van der Waals surface area (Å²) >= 11 is 12.3. The van der Waals surface area contributed by atoms with Crippen LogP contribution in [0.15, 0.2) is 30.6 Å². The fourth-order valence-electron chi connectivity index (χ4n) is 2.52. The van der Waals surface area contributed by atoms with Crippen molar-refractivity contribution in [3.8, 4) is 0 Å². The number of nitrogens with one attached hydrogen (secondary N) is 1. The Labute approximate surface area is 133 Å². The van der Waals surface area contributed by atoms with Crippen molar-refractivity contribution in [2.24, 2.45) is 0 Å². The molecule has 5 nitrogen and oxygen atoms in total. The first-order valence-electron chi connectivity index (χ1n) is 6.65. The van der Waals surface area contributed by atoms with Crippen molar-refractivity contribution >= 4 is 23.2 Å². The Morgan fingerprint density at radius 2 is 2.29 bits per heavy atom. The van der Waals surface area contributed by atoms with E-state index in [-0.39, 0.29) is 12.7 Å². The van der Waals surface area contributed by atoms with Gasteiger partial charge in [-0.3, -0.25) is 0 Å². The summed E-state index contributed by atoms with van der Waals surface area (Å²) < 4.78 is 11.9. The van der Waals surface area contributed by atoms with E-state index >= 15 is 0 Å². The lowest BCUT2D eigenvalue weighted by Crippen LogP contribution is -2.41. The van der Waals surface area contributed by atoms with Crippen LogP contribution in [0.4, 0.5) is 0 Å². The van der Waals surface area contributed by atoms with E-state index in [1.165, 1.54) is 0 Å². The summed E-state index contributed by atoms with van der Waals surface area (Å²) in [5.74, 6) is -1.01. The second-order valence-electron chi connectivity index (χ2n) is 5.04. The van der Waals surface area contributed by atoms with Gasteiger partial charge in [0.2, 0.25) is 5.79 Å². The molecule has 0 bridgehead atoms. The molecule has 0 radical (unpaired) electrons. The predicted molar refractivity (Wildman–Crippen MR) is 79.9 cm³/mol. The second-order valence-corrected chi connectivity index (χ2v) is 5.88. The summed E-state index contributed by atoms with van der Waals surface area (Å²) in [6.45, 7) is 1.36. The van der Waals surface area contributed by atoms with Crippen molar-refractivity contribution in [1.29, 1.82) is 0 Å². The molecule has 3 rings (SSSR count). The van der Waals surface area contributed by atoms with Crippen LogP contribution >= 0.6 is 23.2 Å². The minimum Gasteiger partial charge on any atom is -0.394 e. The molecule has 2 aliphatic heterocycles. The van der Waals surface area contributed by atoms with Crippen molar-refractivity contribution < 1.29 is 14.6 Å². The minimum absolute atomic E-state index is 0.0962. The zero-order valence-corrected chi connectivity index (χ0v) is 12.8. The molecule has 114 valence electrons. The highest BCUT2D eigenvalue weighted by Gasteiger charge is 2.45. The van der Waals surface area contributed by atoms with Gasteiger partial charge in [0.15, 0.2) is 0 Å². The Bertz CT molecular complexity index is 555. The lowest BCUT2D eigenvalue weighted by atomic mass is 10.1. The summed E-state index contributed by atoms with van der Waals surface area (Å²) in [4.78, 5) is 2.02. The first-order valence-corrected chi connectivity index (χ1v) is 7.41. The molecule has 0 aromatic heterocycles. The van der Waals surface area contributed by atoms with E-state index in [4.69, 9.17) is 32.7 Å². The summed E-state index contributed by atoms with van der Waals surface area (Å²) in [5, 5.41) is 13.5. The predicted octanol–water partition coefficient (Wildman–Crippen LogP) is 1.89. The lowest BCUT2D eigenvalue weighted by molar-refractivity contribution is -0.188. The first kappa shape index (κ1) is 14.9. The Morgan fingerprint density at radius 1 is 1.43 bits per heavy atom. The molecule has 1 aromatic rings. The van der Waals surface area contributed by atoms with Gasteiger partial charge in [0.25, 0.3) is 0 Å². The maximum Gasteiger partial charge on any atom is 0.215 e. The van der Waals surface area contributed by atoms with Crippen LogP contribution < -0.4 is 5.32 Å². The summed E-state index contributed by atoms with van der Waals surface area (Å²) in [5.41, 5.74) is 0.713. The zero-order chi connectivity index (χ0) is 14.9. The van der Waals surface area contributed by atoms with Crippen LogP contribution in [0.2, 0.25) is 10.0 Å². The molecule has 2 heterocycles.